The molecule has 0 spiro atoms. The number of anilines is 3. The summed E-state index contributed by atoms with van der Waals surface area (Å²) < 4.78 is 0. The van der Waals surface area contributed by atoms with Crippen molar-refractivity contribution in [2.24, 2.45) is 5.92 Å². The molecule has 0 amide bonds. The van der Waals surface area contributed by atoms with Gasteiger partial charge < -0.3 is 14.7 Å². The van der Waals surface area contributed by atoms with Crippen molar-refractivity contribution in [2.45, 2.75) is 69.2 Å². The molecule has 1 atom stereocenters. The van der Waals surface area contributed by atoms with Gasteiger partial charge in [-0.25, -0.2) is 0 Å². The van der Waals surface area contributed by atoms with Gasteiger partial charge in [0.1, 0.15) is 0 Å². The minimum Gasteiger partial charge on any atom is -0.377 e. The van der Waals surface area contributed by atoms with Gasteiger partial charge in [-0.15, -0.1) is 0 Å². The molecule has 1 aliphatic carbocycles. The van der Waals surface area contributed by atoms with Crippen LogP contribution in [-0.2, 0) is 0 Å². The van der Waals surface area contributed by atoms with Crippen molar-refractivity contribution in [1.29, 1.82) is 0 Å². The van der Waals surface area contributed by atoms with Gasteiger partial charge in [0.05, 0.1) is 0 Å². The smallest absolute Gasteiger partial charge is 0.178 e. The number of hydrogen-bond donors (Lipinski definition) is 0. The van der Waals surface area contributed by atoms with Crippen molar-refractivity contribution in [3.05, 3.63) is 91.7 Å². The zero-order valence-electron chi connectivity index (χ0n) is 29.9. The number of hydrogen-bond acceptors (Lipinski definition) is 3. The lowest BCUT2D eigenvalue weighted by atomic mass is 10.1. The van der Waals surface area contributed by atoms with Crippen molar-refractivity contribution in [3.63, 3.8) is 0 Å². The first kappa shape index (κ1) is 32.7. The minimum absolute atomic E-state index is 0.358. The van der Waals surface area contributed by atoms with Crippen molar-refractivity contribution < 1.29 is 0 Å². The third-order valence-electron chi connectivity index (χ3n) is 10.5. The highest BCUT2D eigenvalue weighted by Crippen LogP contribution is 2.44. The summed E-state index contributed by atoms with van der Waals surface area (Å²) in [6.07, 6.45) is 0. The molecule has 3 nitrogen and oxygen atoms in total. The van der Waals surface area contributed by atoms with E-state index in [0.717, 1.165) is 0 Å². The van der Waals surface area contributed by atoms with Gasteiger partial charge in [-0.05, 0) is 124 Å². The molecule has 0 saturated heterocycles. The average Bonchev–Trinajstić information content (AvgIpc) is 3.09. The van der Waals surface area contributed by atoms with E-state index in [4.69, 9.17) is 0 Å². The molecule has 1 unspecified atom stereocenters. The minimum atomic E-state index is -2.94. The maximum absolute atomic E-state index is 2.94. The van der Waals surface area contributed by atoms with E-state index in [9.17, 15) is 0 Å². The summed E-state index contributed by atoms with van der Waals surface area (Å²) >= 11 is 0. The Balaban J connectivity index is 2.50. The van der Waals surface area contributed by atoms with Gasteiger partial charge in [0.15, 0.2) is 8.07 Å². The van der Waals surface area contributed by atoms with Crippen LogP contribution in [0.3, 0.4) is 0 Å². The summed E-state index contributed by atoms with van der Waals surface area (Å²) in [5.74, 6) is 0.358. The number of rotatable bonds is 7. The van der Waals surface area contributed by atoms with Crippen molar-refractivity contribution >= 4 is 40.7 Å². The van der Waals surface area contributed by atoms with Crippen molar-refractivity contribution in [1.82, 2.24) is 0 Å². The summed E-state index contributed by atoms with van der Waals surface area (Å²) in [5, 5.41) is 6.35. The topological polar surface area (TPSA) is 9.72 Å². The van der Waals surface area contributed by atoms with Crippen molar-refractivity contribution in [2.75, 3.05) is 57.0 Å². The van der Waals surface area contributed by atoms with Crippen LogP contribution in [0.4, 0.5) is 17.1 Å². The van der Waals surface area contributed by atoms with Crippen LogP contribution >= 0.6 is 0 Å². The highest BCUT2D eigenvalue weighted by Gasteiger charge is 2.53. The van der Waals surface area contributed by atoms with E-state index in [-0.39, 0.29) is 0 Å². The zero-order valence-corrected chi connectivity index (χ0v) is 30.9. The van der Waals surface area contributed by atoms with Crippen LogP contribution < -0.4 is 30.3 Å². The molecule has 3 aromatic carbocycles. The number of aryl methyl sites for hydroxylation is 3. The molecule has 43 heavy (non-hydrogen) atoms. The normalized spacial score (nSPS) is 15.5. The summed E-state index contributed by atoms with van der Waals surface area (Å²) in [6, 6.07) is 14.2. The van der Waals surface area contributed by atoms with Crippen LogP contribution in [0.15, 0.2) is 58.3 Å². The predicted molar refractivity (Wildman–Crippen MR) is 196 cm³/mol. The first-order valence-corrected chi connectivity index (χ1v) is 17.7. The Bertz CT molecular complexity index is 1500. The fourth-order valence-electron chi connectivity index (χ4n) is 8.44. The molecule has 4 rings (SSSR count). The van der Waals surface area contributed by atoms with Gasteiger partial charge in [0.2, 0.25) is 0 Å². The summed E-state index contributed by atoms with van der Waals surface area (Å²) in [5.41, 5.74) is 16.8. The predicted octanol–water partition coefficient (Wildman–Crippen LogP) is 7.05. The Morgan fingerprint density at radius 2 is 0.767 bits per heavy atom. The fraction of sp³-hybridized carbons (Fsp3) is 0.436. The van der Waals surface area contributed by atoms with E-state index in [1.165, 1.54) is 67.2 Å². The van der Waals surface area contributed by atoms with E-state index in [0.29, 0.717) is 5.92 Å². The lowest BCUT2D eigenvalue weighted by Gasteiger charge is -2.45. The lowest BCUT2D eigenvalue weighted by molar-refractivity contribution is 0.851. The Morgan fingerprint density at radius 1 is 0.465 bits per heavy atom. The largest absolute Gasteiger partial charge is 0.377 e. The highest BCUT2D eigenvalue weighted by molar-refractivity contribution is 7.17. The first-order valence-electron chi connectivity index (χ1n) is 15.7. The maximum Gasteiger partial charge on any atom is 0.178 e. The molecule has 0 bridgehead atoms. The molecule has 0 saturated carbocycles. The number of benzene rings is 3. The zero-order chi connectivity index (χ0) is 32.3. The van der Waals surface area contributed by atoms with Crippen LogP contribution in [0.1, 0.15) is 61.1 Å². The van der Waals surface area contributed by atoms with Gasteiger partial charge in [0, 0.05) is 59.3 Å². The van der Waals surface area contributed by atoms with Gasteiger partial charge in [-0.1, -0.05) is 58.2 Å². The van der Waals surface area contributed by atoms with Gasteiger partial charge >= 0.3 is 0 Å². The lowest BCUT2D eigenvalue weighted by Crippen LogP contribution is -2.73. The molecule has 0 radical (unpaired) electrons. The van der Waals surface area contributed by atoms with Gasteiger partial charge in [0.25, 0.3) is 0 Å². The summed E-state index contributed by atoms with van der Waals surface area (Å²) in [6.45, 7) is 23.9. The van der Waals surface area contributed by atoms with Crippen LogP contribution in [0.2, 0.25) is 0 Å². The molecule has 230 valence electrons. The monoisotopic (exact) mass is 593 g/mol. The molecule has 1 aliphatic rings. The molecule has 0 fully saturated rings. The van der Waals surface area contributed by atoms with Crippen molar-refractivity contribution in [3.8, 4) is 0 Å². The molecule has 4 heteroatoms. The molecular formula is C39H55N3Si. The average molecular weight is 594 g/mol. The van der Waals surface area contributed by atoms with E-state index in [2.05, 4.69) is 163 Å². The van der Waals surface area contributed by atoms with E-state index >= 15 is 0 Å². The summed E-state index contributed by atoms with van der Waals surface area (Å²) in [4.78, 5) is 6.91. The first-order chi connectivity index (χ1) is 20.0. The standard InChI is InChI=1S/C39H55N3Si/c1-23-17-20-33(40(11)12)30(8)36(23)43(39-28(6)26(4)27(5)29(39)7,37-24(2)18-21-34(31(37)9)41(13)14)38-25(3)19-22-35(32(38)10)42(15)16/h17-22,28H,1-16H3. The van der Waals surface area contributed by atoms with E-state index in [1.807, 2.05) is 0 Å². The summed E-state index contributed by atoms with van der Waals surface area (Å²) in [7, 11) is 10.2. The third-order valence-corrected chi connectivity index (χ3v) is 16.7. The van der Waals surface area contributed by atoms with Gasteiger partial charge in [-0.2, -0.15) is 0 Å². The Hall–Kier alpha value is -3.24. The molecule has 3 aromatic rings. The molecule has 0 heterocycles. The number of nitrogens with zero attached hydrogens (tertiary/aromatic N) is 3. The molecule has 0 aliphatic heterocycles. The fourth-order valence-corrected chi connectivity index (χ4v) is 15.7. The van der Waals surface area contributed by atoms with Crippen LogP contribution in [0.5, 0.6) is 0 Å². The van der Waals surface area contributed by atoms with Crippen LogP contribution in [-0.4, -0.2) is 50.4 Å². The maximum atomic E-state index is 2.48. The molecule has 0 N–H and O–H groups in total. The quantitative estimate of drug-likeness (QED) is 0.215. The van der Waals surface area contributed by atoms with Crippen LogP contribution in [0, 0.1) is 47.5 Å². The Labute approximate surface area is 263 Å². The second-order valence-electron chi connectivity index (χ2n) is 13.7. The van der Waals surface area contributed by atoms with E-state index < -0.39 is 8.07 Å². The SMILES string of the molecule is CC1=C(C)C(C)C([Si](c2c(C)ccc(N(C)C)c2C)(c2c(C)ccc(N(C)C)c2C)c2c(C)ccc(N(C)C)c2C)=C1C. The molecule has 0 aromatic heterocycles. The Morgan fingerprint density at radius 3 is 1.00 bits per heavy atom. The van der Waals surface area contributed by atoms with Crippen LogP contribution in [0.25, 0.3) is 0 Å². The third kappa shape index (κ3) is 4.86. The number of allylic oxidation sites excluding steroid dienone is 4. The second-order valence-corrected chi connectivity index (χ2v) is 17.2. The van der Waals surface area contributed by atoms with E-state index in [1.54, 1.807) is 20.8 Å². The second kappa shape index (κ2) is 11.7. The van der Waals surface area contributed by atoms with Gasteiger partial charge in [-0.3, -0.25) is 0 Å². The molecular weight excluding hydrogens is 539 g/mol. The Kier molecular flexibility index (Phi) is 8.88. The highest BCUT2D eigenvalue weighted by atomic mass is 28.3.